The highest BCUT2D eigenvalue weighted by Gasteiger charge is 1.94. The van der Waals surface area contributed by atoms with E-state index in [1.54, 1.807) is 0 Å². The van der Waals surface area contributed by atoms with Crippen LogP contribution in [0.15, 0.2) is 0 Å². The van der Waals surface area contributed by atoms with Gasteiger partial charge in [0.15, 0.2) is 0 Å². The van der Waals surface area contributed by atoms with Gasteiger partial charge in [0.25, 0.3) is 0 Å². The van der Waals surface area contributed by atoms with Crippen molar-refractivity contribution >= 4 is 0 Å². The maximum Gasteiger partial charge on any atom is -0.00368 e. The maximum atomic E-state index is 5.45. The summed E-state index contributed by atoms with van der Waals surface area (Å²) in [5.74, 6) is 0. The number of hydrogen-bond acceptors (Lipinski definition) is 3. The summed E-state index contributed by atoms with van der Waals surface area (Å²) in [6, 6.07) is 0. The third kappa shape index (κ3) is 21.9. The normalized spacial score (nSPS) is 11.2. The van der Waals surface area contributed by atoms with Crippen LogP contribution in [-0.4, -0.2) is 32.7 Å². The fourth-order valence-electron chi connectivity index (χ4n) is 2.91. The summed E-state index contributed by atoms with van der Waals surface area (Å²) < 4.78 is 0. The Morgan fingerprint density at radius 3 is 1.35 bits per heavy atom. The summed E-state index contributed by atoms with van der Waals surface area (Å²) in [7, 11) is 0. The molecule has 0 spiro atoms. The lowest BCUT2D eigenvalue weighted by Crippen LogP contribution is -2.24. The van der Waals surface area contributed by atoms with Crippen molar-refractivity contribution in [1.82, 2.24) is 10.6 Å². The average molecular weight is 328 g/mol. The molecule has 0 saturated heterocycles. The van der Waals surface area contributed by atoms with Crippen molar-refractivity contribution in [2.24, 2.45) is 5.73 Å². The molecule has 0 aromatic carbocycles. The van der Waals surface area contributed by atoms with Crippen molar-refractivity contribution in [1.29, 1.82) is 0 Å². The molecular weight excluding hydrogens is 282 g/mol. The molecule has 140 valence electrons. The number of hydrogen-bond donors (Lipinski definition) is 3. The van der Waals surface area contributed by atoms with Gasteiger partial charge in [-0.25, -0.2) is 0 Å². The van der Waals surface area contributed by atoms with Crippen molar-refractivity contribution in [2.75, 3.05) is 32.7 Å². The minimum Gasteiger partial charge on any atom is -0.330 e. The van der Waals surface area contributed by atoms with E-state index in [0.29, 0.717) is 0 Å². The molecule has 3 heteroatoms. The monoisotopic (exact) mass is 327 g/mol. The van der Waals surface area contributed by atoms with Gasteiger partial charge in [0.05, 0.1) is 0 Å². The molecule has 0 aromatic heterocycles. The zero-order valence-electron chi connectivity index (χ0n) is 16.0. The SMILES string of the molecule is CCCCCCCCCCCCCCNCCCNCCCN. The lowest BCUT2D eigenvalue weighted by molar-refractivity contribution is 0.530. The molecule has 0 aliphatic heterocycles. The first kappa shape index (κ1) is 22.9. The van der Waals surface area contributed by atoms with Crippen LogP contribution in [0.4, 0.5) is 0 Å². The Morgan fingerprint density at radius 2 is 0.870 bits per heavy atom. The topological polar surface area (TPSA) is 50.1 Å². The largest absolute Gasteiger partial charge is 0.330 e. The Bertz CT molecular complexity index is 177. The average Bonchev–Trinajstić information content (AvgIpc) is 2.57. The number of nitrogens with one attached hydrogen (secondary N) is 2. The third-order valence-corrected chi connectivity index (χ3v) is 4.47. The van der Waals surface area contributed by atoms with Crippen molar-refractivity contribution in [3.63, 3.8) is 0 Å². The second-order valence-corrected chi connectivity index (χ2v) is 6.88. The molecule has 0 aliphatic rings. The van der Waals surface area contributed by atoms with Crippen molar-refractivity contribution in [3.05, 3.63) is 0 Å². The molecule has 23 heavy (non-hydrogen) atoms. The second kappa shape index (κ2) is 21.9. The molecule has 0 fully saturated rings. The summed E-state index contributed by atoms with van der Waals surface area (Å²) in [6.07, 6.45) is 19.5. The van der Waals surface area contributed by atoms with Gasteiger partial charge in [-0.3, -0.25) is 0 Å². The highest BCUT2D eigenvalue weighted by molar-refractivity contribution is 4.54. The molecule has 0 unspecified atom stereocenters. The number of unbranched alkanes of at least 4 members (excludes halogenated alkanes) is 11. The first-order valence-corrected chi connectivity index (χ1v) is 10.5. The molecule has 0 bridgehead atoms. The van der Waals surface area contributed by atoms with Gasteiger partial charge in [-0.05, 0) is 52.0 Å². The van der Waals surface area contributed by atoms with Crippen LogP contribution in [0.2, 0.25) is 0 Å². The molecule has 0 saturated carbocycles. The van der Waals surface area contributed by atoms with Crippen LogP contribution in [0.25, 0.3) is 0 Å². The summed E-state index contributed by atoms with van der Waals surface area (Å²) >= 11 is 0. The van der Waals surface area contributed by atoms with Crippen molar-refractivity contribution in [3.8, 4) is 0 Å². The van der Waals surface area contributed by atoms with E-state index in [2.05, 4.69) is 17.6 Å². The molecule has 0 radical (unpaired) electrons. The van der Waals surface area contributed by atoms with E-state index in [-0.39, 0.29) is 0 Å². The van der Waals surface area contributed by atoms with Gasteiger partial charge in [0.1, 0.15) is 0 Å². The standard InChI is InChI=1S/C20H45N3/c1-2-3-4-5-6-7-8-9-10-11-12-13-17-22-19-15-20-23-18-14-16-21/h22-23H,2-21H2,1H3. The van der Waals surface area contributed by atoms with E-state index >= 15 is 0 Å². The lowest BCUT2D eigenvalue weighted by Gasteiger charge is -2.06. The molecule has 0 heterocycles. The van der Waals surface area contributed by atoms with Gasteiger partial charge in [0.2, 0.25) is 0 Å². The van der Waals surface area contributed by atoms with Gasteiger partial charge < -0.3 is 16.4 Å². The molecule has 4 N–H and O–H groups in total. The van der Waals surface area contributed by atoms with Crippen LogP contribution in [0, 0.1) is 0 Å². The fraction of sp³-hybridized carbons (Fsp3) is 1.00. The molecule has 0 aromatic rings. The Hall–Kier alpha value is -0.120. The van der Waals surface area contributed by atoms with Crippen molar-refractivity contribution < 1.29 is 0 Å². The van der Waals surface area contributed by atoms with Crippen LogP contribution < -0.4 is 16.4 Å². The maximum absolute atomic E-state index is 5.45. The van der Waals surface area contributed by atoms with Crippen LogP contribution >= 0.6 is 0 Å². The third-order valence-electron chi connectivity index (χ3n) is 4.47. The highest BCUT2D eigenvalue weighted by Crippen LogP contribution is 2.11. The highest BCUT2D eigenvalue weighted by atomic mass is 14.9. The first-order valence-electron chi connectivity index (χ1n) is 10.5. The Morgan fingerprint density at radius 1 is 0.478 bits per heavy atom. The number of nitrogens with two attached hydrogens (primary N) is 1. The summed E-state index contributed by atoms with van der Waals surface area (Å²) in [5.41, 5.74) is 5.45. The lowest BCUT2D eigenvalue weighted by atomic mass is 10.1. The van der Waals surface area contributed by atoms with E-state index in [9.17, 15) is 0 Å². The van der Waals surface area contributed by atoms with E-state index in [1.165, 1.54) is 90.0 Å². The molecule has 0 aliphatic carbocycles. The van der Waals surface area contributed by atoms with E-state index in [4.69, 9.17) is 5.73 Å². The smallest absolute Gasteiger partial charge is 0.00368 e. The summed E-state index contributed by atoms with van der Waals surface area (Å²) in [4.78, 5) is 0. The summed E-state index contributed by atoms with van der Waals surface area (Å²) in [5, 5.41) is 6.96. The van der Waals surface area contributed by atoms with Gasteiger partial charge in [-0.2, -0.15) is 0 Å². The zero-order valence-corrected chi connectivity index (χ0v) is 16.0. The summed E-state index contributed by atoms with van der Waals surface area (Å²) in [6.45, 7) is 7.61. The Balaban J connectivity index is 2.92. The van der Waals surface area contributed by atoms with Crippen molar-refractivity contribution in [2.45, 2.75) is 96.8 Å². The molecule has 3 nitrogen and oxygen atoms in total. The van der Waals surface area contributed by atoms with Crippen LogP contribution in [0.5, 0.6) is 0 Å². The Labute approximate surface area is 146 Å². The van der Waals surface area contributed by atoms with Gasteiger partial charge in [-0.15, -0.1) is 0 Å². The minimum absolute atomic E-state index is 0.796. The van der Waals surface area contributed by atoms with Gasteiger partial charge in [0, 0.05) is 0 Å². The predicted molar refractivity (Wildman–Crippen MR) is 105 cm³/mol. The van der Waals surface area contributed by atoms with E-state index in [0.717, 1.165) is 32.6 Å². The molecular formula is C20H45N3. The van der Waals surface area contributed by atoms with Crippen LogP contribution in [-0.2, 0) is 0 Å². The second-order valence-electron chi connectivity index (χ2n) is 6.88. The molecule has 0 atom stereocenters. The zero-order chi connectivity index (χ0) is 16.8. The van der Waals surface area contributed by atoms with Crippen LogP contribution in [0.3, 0.4) is 0 Å². The Kier molecular flexibility index (Phi) is 21.8. The van der Waals surface area contributed by atoms with E-state index < -0.39 is 0 Å². The molecule has 0 rings (SSSR count). The van der Waals surface area contributed by atoms with Gasteiger partial charge >= 0.3 is 0 Å². The van der Waals surface area contributed by atoms with E-state index in [1.807, 2.05) is 0 Å². The quantitative estimate of drug-likeness (QED) is 0.286. The predicted octanol–water partition coefficient (Wildman–Crippen LogP) is 4.61. The molecule has 0 amide bonds. The minimum atomic E-state index is 0.796. The van der Waals surface area contributed by atoms with Crippen LogP contribution in [0.1, 0.15) is 96.8 Å². The first-order chi connectivity index (χ1) is 11.4. The number of rotatable bonds is 20. The van der Waals surface area contributed by atoms with Gasteiger partial charge in [-0.1, -0.05) is 77.6 Å². The fourth-order valence-corrected chi connectivity index (χ4v) is 2.91.